The molecule has 0 saturated carbocycles. The molecule has 0 spiro atoms. The summed E-state index contributed by atoms with van der Waals surface area (Å²) >= 11 is 1.87. The summed E-state index contributed by atoms with van der Waals surface area (Å²) < 4.78 is 0. The predicted octanol–water partition coefficient (Wildman–Crippen LogP) is 2.31. The highest BCUT2D eigenvalue weighted by Gasteiger charge is 2.13. The van der Waals surface area contributed by atoms with E-state index in [1.807, 2.05) is 18.7 Å². The van der Waals surface area contributed by atoms with Crippen molar-refractivity contribution in [2.24, 2.45) is 0 Å². The first-order valence-corrected chi connectivity index (χ1v) is 7.03. The van der Waals surface area contributed by atoms with Crippen LogP contribution in [0.25, 0.3) is 0 Å². The lowest BCUT2D eigenvalue weighted by molar-refractivity contribution is 0.0698. The lowest BCUT2D eigenvalue weighted by Gasteiger charge is -2.16. The van der Waals surface area contributed by atoms with Crippen LogP contribution < -0.4 is 11.1 Å². The second kappa shape index (κ2) is 7.10. The normalized spacial score (nSPS) is 12.1. The first-order chi connectivity index (χ1) is 8.54. The van der Waals surface area contributed by atoms with E-state index in [0.717, 1.165) is 17.9 Å². The van der Waals surface area contributed by atoms with Gasteiger partial charge in [-0.3, -0.25) is 0 Å². The summed E-state index contributed by atoms with van der Waals surface area (Å²) in [5.74, 6) is 1.36. The van der Waals surface area contributed by atoms with Gasteiger partial charge >= 0.3 is 5.97 Å². The van der Waals surface area contributed by atoms with Gasteiger partial charge in [-0.2, -0.15) is 11.8 Å². The number of nitrogens with one attached hydrogen (secondary N) is 1. The summed E-state index contributed by atoms with van der Waals surface area (Å²) in [4.78, 5) is 15.0. The minimum Gasteiger partial charge on any atom is -0.478 e. The van der Waals surface area contributed by atoms with Crippen molar-refractivity contribution in [3.8, 4) is 0 Å². The number of anilines is 2. The molecule has 0 aromatic carbocycles. The number of hydrogen-bond donors (Lipinski definition) is 3. The van der Waals surface area contributed by atoms with E-state index in [0.29, 0.717) is 5.69 Å². The topological polar surface area (TPSA) is 88.2 Å². The number of pyridine rings is 1. The molecule has 0 saturated heterocycles. The van der Waals surface area contributed by atoms with Crippen LogP contribution in [0.4, 0.5) is 11.5 Å². The van der Waals surface area contributed by atoms with Crippen molar-refractivity contribution in [2.75, 3.05) is 22.6 Å². The van der Waals surface area contributed by atoms with E-state index in [2.05, 4.69) is 17.2 Å². The first-order valence-electron chi connectivity index (χ1n) is 5.87. The summed E-state index contributed by atoms with van der Waals surface area (Å²) in [5.41, 5.74) is 6.17. The molecule has 5 nitrogen and oxygen atoms in total. The molecular formula is C12H19N3O2S. The minimum absolute atomic E-state index is 0.164. The third-order valence-electron chi connectivity index (χ3n) is 2.46. The Hall–Kier alpha value is -1.43. The highest BCUT2D eigenvalue weighted by Crippen LogP contribution is 2.18. The van der Waals surface area contributed by atoms with E-state index in [4.69, 9.17) is 10.8 Å². The number of carboxylic acid groups (broad SMARTS) is 1. The molecule has 1 atom stereocenters. The fraction of sp³-hybridized carbons (Fsp3) is 0.500. The molecule has 18 heavy (non-hydrogen) atoms. The van der Waals surface area contributed by atoms with Gasteiger partial charge in [-0.15, -0.1) is 0 Å². The summed E-state index contributed by atoms with van der Waals surface area (Å²) in [6, 6.07) is 1.57. The van der Waals surface area contributed by atoms with Gasteiger partial charge in [0, 0.05) is 6.04 Å². The number of aromatic nitrogens is 1. The molecule has 0 aliphatic heterocycles. The van der Waals surface area contributed by atoms with Crippen LogP contribution in [0, 0.1) is 0 Å². The van der Waals surface area contributed by atoms with E-state index in [-0.39, 0.29) is 17.4 Å². The van der Waals surface area contributed by atoms with E-state index in [1.165, 1.54) is 12.3 Å². The summed E-state index contributed by atoms with van der Waals surface area (Å²) in [5, 5.41) is 12.3. The second-order valence-corrected chi connectivity index (χ2v) is 5.38. The SMILES string of the molecule is CCSCCC(C)Nc1cnc(N)cc1C(=O)O. The molecular weight excluding hydrogens is 250 g/mol. The summed E-state index contributed by atoms with van der Waals surface area (Å²) in [6.07, 6.45) is 2.45. The molecule has 1 unspecified atom stereocenters. The highest BCUT2D eigenvalue weighted by molar-refractivity contribution is 7.99. The number of nitrogen functional groups attached to an aromatic ring is 1. The molecule has 0 amide bonds. The maximum absolute atomic E-state index is 11.1. The highest BCUT2D eigenvalue weighted by atomic mass is 32.2. The largest absolute Gasteiger partial charge is 0.478 e. The predicted molar refractivity (Wildman–Crippen MR) is 76.3 cm³/mol. The van der Waals surface area contributed by atoms with Crippen molar-refractivity contribution < 1.29 is 9.90 Å². The minimum atomic E-state index is -0.998. The van der Waals surface area contributed by atoms with Gasteiger partial charge in [-0.05, 0) is 30.9 Å². The Morgan fingerprint density at radius 1 is 1.67 bits per heavy atom. The lowest BCUT2D eigenvalue weighted by atomic mass is 10.2. The molecule has 1 aromatic rings. The third-order valence-corrected chi connectivity index (χ3v) is 3.39. The van der Waals surface area contributed by atoms with Gasteiger partial charge < -0.3 is 16.2 Å². The van der Waals surface area contributed by atoms with Crippen LogP contribution in [-0.4, -0.2) is 33.6 Å². The van der Waals surface area contributed by atoms with Crippen molar-refractivity contribution in [2.45, 2.75) is 26.3 Å². The third kappa shape index (κ3) is 4.44. The molecule has 0 radical (unpaired) electrons. The van der Waals surface area contributed by atoms with Crippen LogP contribution in [0.15, 0.2) is 12.3 Å². The van der Waals surface area contributed by atoms with Gasteiger partial charge in [0.1, 0.15) is 5.82 Å². The van der Waals surface area contributed by atoms with Crippen molar-refractivity contribution in [3.05, 3.63) is 17.8 Å². The molecule has 1 heterocycles. The van der Waals surface area contributed by atoms with E-state index in [9.17, 15) is 4.79 Å². The average molecular weight is 269 g/mol. The zero-order chi connectivity index (χ0) is 13.5. The zero-order valence-electron chi connectivity index (χ0n) is 10.6. The van der Waals surface area contributed by atoms with Crippen LogP contribution in [0.3, 0.4) is 0 Å². The van der Waals surface area contributed by atoms with E-state index < -0.39 is 5.97 Å². The Balaban J connectivity index is 2.68. The monoisotopic (exact) mass is 269 g/mol. The Labute approximate surface area is 111 Å². The number of carbonyl (C=O) groups is 1. The maximum Gasteiger partial charge on any atom is 0.337 e. The van der Waals surface area contributed by atoms with Crippen molar-refractivity contribution >= 4 is 29.2 Å². The molecule has 0 bridgehead atoms. The number of carboxylic acids is 1. The molecule has 6 heteroatoms. The van der Waals surface area contributed by atoms with Crippen molar-refractivity contribution in [3.63, 3.8) is 0 Å². The van der Waals surface area contributed by atoms with E-state index >= 15 is 0 Å². The number of nitrogens with two attached hydrogens (primary N) is 1. The zero-order valence-corrected chi connectivity index (χ0v) is 11.5. The van der Waals surface area contributed by atoms with Crippen LogP contribution in [0.1, 0.15) is 30.6 Å². The molecule has 4 N–H and O–H groups in total. The molecule has 0 aliphatic carbocycles. The number of thioether (sulfide) groups is 1. The fourth-order valence-electron chi connectivity index (χ4n) is 1.51. The standard InChI is InChI=1S/C12H19N3O2S/c1-3-18-5-4-8(2)15-10-7-14-11(13)6-9(10)12(16)17/h6-8,15H,3-5H2,1-2H3,(H2,13,14)(H,16,17). The van der Waals surface area contributed by atoms with Gasteiger partial charge in [0.15, 0.2) is 0 Å². The van der Waals surface area contributed by atoms with Crippen molar-refractivity contribution in [1.82, 2.24) is 4.98 Å². The van der Waals surface area contributed by atoms with Crippen molar-refractivity contribution in [1.29, 1.82) is 0 Å². The maximum atomic E-state index is 11.1. The van der Waals surface area contributed by atoms with Gasteiger partial charge in [-0.25, -0.2) is 9.78 Å². The first kappa shape index (κ1) is 14.6. The molecule has 0 fully saturated rings. The molecule has 100 valence electrons. The van der Waals surface area contributed by atoms with E-state index in [1.54, 1.807) is 0 Å². The molecule has 1 rings (SSSR count). The Bertz CT molecular complexity index is 412. The van der Waals surface area contributed by atoms with Crippen LogP contribution in [0.2, 0.25) is 0 Å². The summed E-state index contributed by atoms with van der Waals surface area (Å²) in [7, 11) is 0. The van der Waals surface area contributed by atoms with Crippen LogP contribution in [0.5, 0.6) is 0 Å². The van der Waals surface area contributed by atoms with Gasteiger partial charge in [-0.1, -0.05) is 6.92 Å². The molecule has 1 aromatic heterocycles. The van der Waals surface area contributed by atoms with Gasteiger partial charge in [0.25, 0.3) is 0 Å². The lowest BCUT2D eigenvalue weighted by Crippen LogP contribution is -2.18. The molecule has 0 aliphatic rings. The number of nitrogens with zero attached hydrogens (tertiary/aromatic N) is 1. The van der Waals surface area contributed by atoms with Crippen LogP contribution >= 0.6 is 11.8 Å². The smallest absolute Gasteiger partial charge is 0.337 e. The summed E-state index contributed by atoms with van der Waals surface area (Å²) in [6.45, 7) is 4.15. The average Bonchev–Trinajstić information content (AvgIpc) is 2.31. The number of hydrogen-bond acceptors (Lipinski definition) is 5. The van der Waals surface area contributed by atoms with Gasteiger partial charge in [0.2, 0.25) is 0 Å². The van der Waals surface area contributed by atoms with Gasteiger partial charge in [0.05, 0.1) is 17.4 Å². The Morgan fingerprint density at radius 3 is 3.00 bits per heavy atom. The Morgan fingerprint density at radius 2 is 2.39 bits per heavy atom. The fourth-order valence-corrected chi connectivity index (χ4v) is 2.31. The van der Waals surface area contributed by atoms with Crippen LogP contribution in [-0.2, 0) is 0 Å². The quantitative estimate of drug-likeness (QED) is 0.658. The number of aromatic carboxylic acids is 1. The Kier molecular flexibility index (Phi) is 5.77. The second-order valence-electron chi connectivity index (χ2n) is 3.99. The number of rotatable bonds is 7.